The number of carbonyl (C=O) groups is 2. The van der Waals surface area contributed by atoms with Gasteiger partial charge in [-0.25, -0.2) is 8.78 Å². The molecule has 1 aliphatic heterocycles. The van der Waals surface area contributed by atoms with Crippen molar-refractivity contribution in [3.05, 3.63) is 48.0 Å². The Morgan fingerprint density at radius 2 is 2.05 bits per heavy atom. The van der Waals surface area contributed by atoms with E-state index in [-0.39, 0.29) is 36.3 Å². The van der Waals surface area contributed by atoms with Crippen molar-refractivity contribution in [1.29, 1.82) is 0 Å². The molecule has 1 fully saturated rings. The van der Waals surface area contributed by atoms with Gasteiger partial charge in [-0.3, -0.25) is 14.3 Å². The molecule has 0 bridgehead atoms. The number of aromatic nitrogens is 3. The van der Waals surface area contributed by atoms with E-state index in [4.69, 9.17) is 4.42 Å². The summed E-state index contributed by atoms with van der Waals surface area (Å²) in [5, 5.41) is 11.7. The molecule has 2 aliphatic rings. The maximum Gasteiger partial charge on any atom is 0.289 e. The zero-order chi connectivity index (χ0) is 26.2. The van der Waals surface area contributed by atoms with Crippen molar-refractivity contribution in [2.24, 2.45) is 5.92 Å². The molecule has 0 saturated heterocycles. The second kappa shape index (κ2) is 9.95. The van der Waals surface area contributed by atoms with Crippen molar-refractivity contribution in [2.45, 2.75) is 38.2 Å². The van der Waals surface area contributed by atoms with Crippen molar-refractivity contribution in [3.8, 4) is 0 Å². The summed E-state index contributed by atoms with van der Waals surface area (Å²) >= 11 is 0. The first-order valence-corrected chi connectivity index (χ1v) is 12.4. The maximum absolute atomic E-state index is 13.3. The minimum absolute atomic E-state index is 0.0358. The molecule has 5 rings (SSSR count). The quantitative estimate of drug-likeness (QED) is 0.492. The van der Waals surface area contributed by atoms with E-state index in [1.54, 1.807) is 37.2 Å². The molecule has 1 N–H and O–H groups in total. The molecule has 37 heavy (non-hydrogen) atoms. The van der Waals surface area contributed by atoms with Crippen molar-refractivity contribution in [1.82, 2.24) is 24.8 Å². The van der Waals surface area contributed by atoms with E-state index in [0.717, 1.165) is 22.9 Å². The van der Waals surface area contributed by atoms with Crippen LogP contribution < -0.4 is 5.32 Å². The Bertz CT molecular complexity index is 1320. The average Bonchev–Trinajstić information content (AvgIpc) is 3.54. The first-order chi connectivity index (χ1) is 17.7. The van der Waals surface area contributed by atoms with Gasteiger partial charge in [0.25, 0.3) is 5.91 Å². The van der Waals surface area contributed by atoms with Crippen LogP contribution in [0.2, 0.25) is 0 Å². The van der Waals surface area contributed by atoms with Crippen molar-refractivity contribution in [3.63, 3.8) is 0 Å². The van der Waals surface area contributed by atoms with Gasteiger partial charge in [-0.1, -0.05) is 11.3 Å². The Labute approximate surface area is 213 Å². The lowest BCUT2D eigenvalue weighted by atomic mass is 9.81. The van der Waals surface area contributed by atoms with Crippen LogP contribution in [0.15, 0.2) is 41.1 Å². The molecule has 0 atom stereocenters. The number of amides is 2. The average molecular weight is 513 g/mol. The summed E-state index contributed by atoms with van der Waals surface area (Å²) in [6, 6.07) is 5.57. The molecule has 9 nitrogen and oxygen atoms in total. The highest BCUT2D eigenvalue weighted by Gasteiger charge is 2.44. The number of benzene rings is 1. The van der Waals surface area contributed by atoms with Gasteiger partial charge in [0.15, 0.2) is 11.3 Å². The lowest BCUT2D eigenvalue weighted by Gasteiger charge is -2.35. The van der Waals surface area contributed by atoms with Crippen LogP contribution in [0.5, 0.6) is 0 Å². The highest BCUT2D eigenvalue weighted by atomic mass is 19.3. The number of fused-ring (bicyclic) bond motifs is 1. The van der Waals surface area contributed by atoms with Crippen LogP contribution in [-0.2, 0) is 11.3 Å². The zero-order valence-electron chi connectivity index (χ0n) is 20.9. The summed E-state index contributed by atoms with van der Waals surface area (Å²) in [6.07, 6.45) is 6.20. The van der Waals surface area contributed by atoms with E-state index >= 15 is 0 Å². The van der Waals surface area contributed by atoms with E-state index in [0.29, 0.717) is 43.9 Å². The third-order valence-corrected chi connectivity index (χ3v) is 6.89. The fourth-order valence-corrected chi connectivity index (χ4v) is 4.87. The van der Waals surface area contributed by atoms with Crippen LogP contribution in [0, 0.1) is 5.92 Å². The van der Waals surface area contributed by atoms with Crippen LogP contribution in [0.25, 0.3) is 16.5 Å². The molecule has 1 aliphatic carbocycles. The summed E-state index contributed by atoms with van der Waals surface area (Å²) in [4.78, 5) is 28.7. The Hall–Kier alpha value is -3.76. The van der Waals surface area contributed by atoms with E-state index < -0.39 is 5.92 Å². The molecule has 11 heteroatoms. The number of furan rings is 1. The molecule has 0 unspecified atom stereocenters. The van der Waals surface area contributed by atoms with E-state index in [1.165, 1.54) is 4.90 Å². The number of carbonyl (C=O) groups excluding carboxylic acids is 2. The van der Waals surface area contributed by atoms with Crippen LogP contribution in [0.4, 0.5) is 14.5 Å². The standard InChI is InChI=1S/C26H30F2N6O3/c1-32(2)25(36)22-12-20-10-19(11-21(24(20)37-22)29-15-17-13-26(27,28)14-17)18-4-3-7-33(16-18)23(35)5-8-34-9-6-30-31-34/h4,6,9-12,17,29H,3,5,7-8,13-16H2,1-2H3. The topological polar surface area (TPSA) is 96.5 Å². The largest absolute Gasteiger partial charge is 0.449 e. The lowest BCUT2D eigenvalue weighted by molar-refractivity contribution is -0.131. The molecule has 1 saturated carbocycles. The van der Waals surface area contributed by atoms with E-state index in [1.807, 2.05) is 17.0 Å². The van der Waals surface area contributed by atoms with Crippen LogP contribution in [-0.4, -0.2) is 76.3 Å². The number of nitrogens with one attached hydrogen (secondary N) is 1. The summed E-state index contributed by atoms with van der Waals surface area (Å²) < 4.78 is 34.2. The van der Waals surface area contributed by atoms with Gasteiger partial charge < -0.3 is 19.5 Å². The maximum atomic E-state index is 13.3. The summed E-state index contributed by atoms with van der Waals surface area (Å²) in [5.74, 6) is -2.73. The zero-order valence-corrected chi connectivity index (χ0v) is 20.9. The number of anilines is 1. The van der Waals surface area contributed by atoms with Crippen LogP contribution >= 0.6 is 0 Å². The Morgan fingerprint density at radius 3 is 2.76 bits per heavy atom. The minimum Gasteiger partial charge on any atom is -0.449 e. The van der Waals surface area contributed by atoms with E-state index in [2.05, 4.69) is 21.7 Å². The number of hydrogen-bond donors (Lipinski definition) is 1. The minimum atomic E-state index is -2.59. The number of nitrogens with zero attached hydrogens (tertiary/aromatic N) is 5. The molecule has 0 radical (unpaired) electrons. The molecule has 1 aromatic carbocycles. The summed E-state index contributed by atoms with van der Waals surface area (Å²) in [7, 11) is 3.30. The van der Waals surface area contributed by atoms with Gasteiger partial charge in [0, 0.05) is 64.6 Å². The Balaban J connectivity index is 1.37. The molecule has 3 heterocycles. The van der Waals surface area contributed by atoms with Crippen LogP contribution in [0.3, 0.4) is 0 Å². The fourth-order valence-electron chi connectivity index (χ4n) is 4.87. The summed E-state index contributed by atoms with van der Waals surface area (Å²) in [6.45, 7) is 1.94. The Kier molecular flexibility index (Phi) is 6.70. The summed E-state index contributed by atoms with van der Waals surface area (Å²) in [5.41, 5.74) is 3.04. The molecule has 2 amide bonds. The monoisotopic (exact) mass is 512 g/mol. The molecule has 2 aromatic heterocycles. The van der Waals surface area contributed by atoms with Gasteiger partial charge in [0.1, 0.15) is 0 Å². The van der Waals surface area contributed by atoms with Crippen molar-refractivity contribution >= 4 is 34.0 Å². The number of rotatable bonds is 8. The van der Waals surface area contributed by atoms with Crippen LogP contribution in [0.1, 0.15) is 41.8 Å². The second-order valence-electron chi connectivity index (χ2n) is 10.0. The Morgan fingerprint density at radius 1 is 1.24 bits per heavy atom. The normalized spacial score (nSPS) is 17.4. The molecular formula is C26H30F2N6O3. The first kappa shape index (κ1) is 24.9. The van der Waals surface area contributed by atoms with E-state index in [9.17, 15) is 18.4 Å². The number of hydrogen-bond acceptors (Lipinski definition) is 6. The smallest absolute Gasteiger partial charge is 0.289 e. The molecule has 0 spiro atoms. The first-order valence-electron chi connectivity index (χ1n) is 12.4. The van der Waals surface area contributed by atoms with Gasteiger partial charge in [-0.15, -0.1) is 5.10 Å². The molecular weight excluding hydrogens is 482 g/mol. The SMILES string of the molecule is CN(C)C(=O)c1cc2cc(C3=CCCN(C(=O)CCn4ccnn4)C3)cc(NCC3CC(F)(F)C3)c2o1. The second-order valence-corrected chi connectivity index (χ2v) is 10.0. The predicted octanol–water partition coefficient (Wildman–Crippen LogP) is 3.89. The third kappa shape index (κ3) is 5.50. The number of alkyl halides is 2. The lowest BCUT2D eigenvalue weighted by Crippen LogP contribution is -2.39. The van der Waals surface area contributed by atoms with Gasteiger partial charge in [-0.05, 0) is 41.7 Å². The van der Waals surface area contributed by atoms with Crippen molar-refractivity contribution < 1.29 is 22.8 Å². The fraction of sp³-hybridized carbons (Fsp3) is 0.462. The van der Waals surface area contributed by atoms with Gasteiger partial charge in [0.05, 0.1) is 18.4 Å². The molecule has 3 aromatic rings. The molecule has 196 valence electrons. The van der Waals surface area contributed by atoms with Gasteiger partial charge >= 0.3 is 0 Å². The highest BCUT2D eigenvalue weighted by molar-refractivity contribution is 6.00. The third-order valence-electron chi connectivity index (χ3n) is 6.89. The van der Waals surface area contributed by atoms with Crippen molar-refractivity contribution in [2.75, 3.05) is 39.0 Å². The predicted molar refractivity (Wildman–Crippen MR) is 134 cm³/mol. The highest BCUT2D eigenvalue weighted by Crippen LogP contribution is 2.42. The van der Waals surface area contributed by atoms with Gasteiger partial charge in [0.2, 0.25) is 11.8 Å². The number of halogens is 2. The van der Waals surface area contributed by atoms with Gasteiger partial charge in [-0.2, -0.15) is 0 Å². The number of aryl methyl sites for hydroxylation is 1.